The average molecular weight is 196 g/mol. The Balaban J connectivity index is 2.14. The van der Waals surface area contributed by atoms with Crippen molar-refractivity contribution < 1.29 is 4.74 Å². The first-order valence-corrected chi connectivity index (χ1v) is 4.86. The van der Waals surface area contributed by atoms with Crippen LogP contribution in [0.25, 0.3) is 0 Å². The third-order valence-electron chi connectivity index (χ3n) is 2.95. The molecular formula is C10H10ClNO. The number of halogens is 1. The summed E-state index contributed by atoms with van der Waals surface area (Å²) in [6.45, 7) is 1.83. The maximum Gasteiger partial charge on any atom is 0.124 e. The SMILES string of the molecule is Clc1ccc2c(c1)[C@@]1(CCN1)CO2. The van der Waals surface area contributed by atoms with Crippen molar-refractivity contribution in [2.24, 2.45) is 0 Å². The van der Waals surface area contributed by atoms with Crippen LogP contribution in [0.2, 0.25) is 5.02 Å². The zero-order valence-corrected chi connectivity index (χ0v) is 7.90. The number of benzene rings is 1. The first kappa shape index (κ1) is 7.65. The minimum Gasteiger partial charge on any atom is -0.491 e. The van der Waals surface area contributed by atoms with Crippen molar-refractivity contribution in [2.45, 2.75) is 12.0 Å². The maximum atomic E-state index is 5.95. The van der Waals surface area contributed by atoms with Gasteiger partial charge in [0.05, 0.1) is 5.54 Å². The van der Waals surface area contributed by atoms with Gasteiger partial charge in [-0.1, -0.05) is 11.6 Å². The normalized spacial score (nSPS) is 29.6. The topological polar surface area (TPSA) is 21.3 Å². The molecule has 0 aliphatic carbocycles. The van der Waals surface area contributed by atoms with E-state index in [1.54, 1.807) is 0 Å². The second-order valence-corrected chi connectivity index (χ2v) is 4.12. The molecule has 1 aromatic rings. The maximum absolute atomic E-state index is 5.95. The second kappa shape index (κ2) is 2.40. The van der Waals surface area contributed by atoms with Crippen LogP contribution < -0.4 is 10.1 Å². The largest absolute Gasteiger partial charge is 0.491 e. The Morgan fingerprint density at radius 3 is 3.00 bits per heavy atom. The molecule has 0 saturated carbocycles. The summed E-state index contributed by atoms with van der Waals surface area (Å²) in [6.07, 6.45) is 1.15. The molecule has 0 radical (unpaired) electrons. The van der Waals surface area contributed by atoms with Gasteiger partial charge in [0.2, 0.25) is 0 Å². The molecule has 0 unspecified atom stereocenters. The monoisotopic (exact) mass is 195 g/mol. The quantitative estimate of drug-likeness (QED) is 0.683. The zero-order valence-electron chi connectivity index (χ0n) is 7.14. The van der Waals surface area contributed by atoms with E-state index in [0.29, 0.717) is 0 Å². The molecule has 1 atom stereocenters. The van der Waals surface area contributed by atoms with E-state index >= 15 is 0 Å². The Kier molecular flexibility index (Phi) is 1.41. The molecule has 1 saturated heterocycles. The smallest absolute Gasteiger partial charge is 0.124 e. The fourth-order valence-corrected chi connectivity index (χ4v) is 2.23. The first-order chi connectivity index (χ1) is 6.30. The molecule has 0 amide bonds. The molecule has 3 rings (SSSR count). The number of fused-ring (bicyclic) bond motifs is 2. The number of hydrogen-bond donors (Lipinski definition) is 1. The highest BCUT2D eigenvalue weighted by molar-refractivity contribution is 6.30. The predicted octanol–water partition coefficient (Wildman–Crippen LogP) is 1.92. The summed E-state index contributed by atoms with van der Waals surface area (Å²) in [7, 11) is 0. The minimum atomic E-state index is 0.0836. The van der Waals surface area contributed by atoms with Crippen molar-refractivity contribution in [1.29, 1.82) is 0 Å². The molecular weight excluding hydrogens is 186 g/mol. The summed E-state index contributed by atoms with van der Waals surface area (Å²) < 4.78 is 5.59. The first-order valence-electron chi connectivity index (χ1n) is 4.48. The van der Waals surface area contributed by atoms with Crippen LogP contribution in [-0.2, 0) is 5.54 Å². The zero-order chi connectivity index (χ0) is 8.89. The van der Waals surface area contributed by atoms with Gasteiger partial charge in [0, 0.05) is 10.6 Å². The summed E-state index contributed by atoms with van der Waals surface area (Å²) in [5.41, 5.74) is 1.31. The van der Waals surface area contributed by atoms with Crippen LogP contribution in [0.1, 0.15) is 12.0 Å². The summed E-state index contributed by atoms with van der Waals surface area (Å²) in [5.74, 6) is 0.983. The van der Waals surface area contributed by atoms with Gasteiger partial charge in [-0.3, -0.25) is 0 Å². The number of rotatable bonds is 0. The van der Waals surface area contributed by atoms with E-state index in [-0.39, 0.29) is 5.54 Å². The van der Waals surface area contributed by atoms with Crippen LogP contribution in [0.4, 0.5) is 0 Å². The average Bonchev–Trinajstić information content (AvgIpc) is 2.41. The lowest BCUT2D eigenvalue weighted by molar-refractivity contribution is 0.154. The summed E-state index contributed by atoms with van der Waals surface area (Å²) in [6, 6.07) is 5.83. The molecule has 1 N–H and O–H groups in total. The lowest BCUT2D eigenvalue weighted by atomic mass is 9.83. The number of ether oxygens (including phenoxy) is 1. The number of hydrogen-bond acceptors (Lipinski definition) is 2. The van der Waals surface area contributed by atoms with Gasteiger partial charge in [0.15, 0.2) is 0 Å². The van der Waals surface area contributed by atoms with E-state index in [4.69, 9.17) is 16.3 Å². The Labute approximate surface area is 81.8 Å². The minimum absolute atomic E-state index is 0.0836. The second-order valence-electron chi connectivity index (χ2n) is 3.69. The molecule has 13 heavy (non-hydrogen) atoms. The van der Waals surface area contributed by atoms with E-state index in [0.717, 1.165) is 30.3 Å². The van der Waals surface area contributed by atoms with Gasteiger partial charge in [-0.25, -0.2) is 0 Å². The highest BCUT2D eigenvalue weighted by Crippen LogP contribution is 2.43. The summed E-state index contributed by atoms with van der Waals surface area (Å²) >= 11 is 5.95. The van der Waals surface area contributed by atoms with Gasteiger partial charge in [0.25, 0.3) is 0 Å². The molecule has 2 heterocycles. The Morgan fingerprint density at radius 2 is 2.31 bits per heavy atom. The molecule has 2 aliphatic rings. The molecule has 0 bridgehead atoms. The third kappa shape index (κ3) is 0.930. The van der Waals surface area contributed by atoms with Crippen molar-refractivity contribution >= 4 is 11.6 Å². The van der Waals surface area contributed by atoms with E-state index < -0.39 is 0 Å². The van der Waals surface area contributed by atoms with Crippen molar-refractivity contribution in [3.05, 3.63) is 28.8 Å². The van der Waals surface area contributed by atoms with Crippen molar-refractivity contribution in [3.8, 4) is 5.75 Å². The predicted molar refractivity (Wildman–Crippen MR) is 51.2 cm³/mol. The van der Waals surface area contributed by atoms with Crippen LogP contribution in [0.5, 0.6) is 5.75 Å². The lowest BCUT2D eigenvalue weighted by Gasteiger charge is -2.38. The molecule has 2 nitrogen and oxygen atoms in total. The van der Waals surface area contributed by atoms with Crippen molar-refractivity contribution in [2.75, 3.05) is 13.2 Å². The molecule has 1 spiro atoms. The fourth-order valence-electron chi connectivity index (χ4n) is 2.06. The molecule has 68 valence electrons. The van der Waals surface area contributed by atoms with Gasteiger partial charge >= 0.3 is 0 Å². The fraction of sp³-hybridized carbons (Fsp3) is 0.400. The Hall–Kier alpha value is -0.730. The van der Waals surface area contributed by atoms with Crippen LogP contribution in [0, 0.1) is 0 Å². The number of nitrogens with one attached hydrogen (secondary N) is 1. The van der Waals surface area contributed by atoms with E-state index in [2.05, 4.69) is 5.32 Å². The van der Waals surface area contributed by atoms with Crippen LogP contribution in [-0.4, -0.2) is 13.2 Å². The molecule has 0 aromatic heterocycles. The van der Waals surface area contributed by atoms with E-state index in [1.807, 2.05) is 18.2 Å². The lowest BCUT2D eigenvalue weighted by Crippen LogP contribution is -2.55. The third-order valence-corrected chi connectivity index (χ3v) is 3.18. The van der Waals surface area contributed by atoms with Crippen LogP contribution >= 0.6 is 11.6 Å². The van der Waals surface area contributed by atoms with Gasteiger partial charge in [0.1, 0.15) is 12.4 Å². The molecule has 1 aromatic carbocycles. The van der Waals surface area contributed by atoms with Crippen molar-refractivity contribution in [3.63, 3.8) is 0 Å². The molecule has 1 fully saturated rings. The standard InChI is InChI=1S/C10H10ClNO/c11-7-1-2-9-8(5-7)10(6-13-9)3-4-12-10/h1-2,5,12H,3-4,6H2/t10-/m1/s1. The van der Waals surface area contributed by atoms with Gasteiger partial charge in [-0.2, -0.15) is 0 Å². The summed E-state index contributed by atoms with van der Waals surface area (Å²) in [4.78, 5) is 0. The molecule has 2 aliphatic heterocycles. The van der Waals surface area contributed by atoms with Crippen LogP contribution in [0.15, 0.2) is 18.2 Å². The van der Waals surface area contributed by atoms with Gasteiger partial charge in [-0.05, 0) is 31.2 Å². The highest BCUT2D eigenvalue weighted by Gasteiger charge is 2.45. The van der Waals surface area contributed by atoms with Crippen molar-refractivity contribution in [1.82, 2.24) is 5.32 Å². The van der Waals surface area contributed by atoms with Crippen LogP contribution in [0.3, 0.4) is 0 Å². The Bertz CT molecular complexity index is 360. The van der Waals surface area contributed by atoms with Gasteiger partial charge in [-0.15, -0.1) is 0 Å². The van der Waals surface area contributed by atoms with Gasteiger partial charge < -0.3 is 10.1 Å². The van der Waals surface area contributed by atoms with E-state index in [1.165, 1.54) is 5.56 Å². The van der Waals surface area contributed by atoms with E-state index in [9.17, 15) is 0 Å². The summed E-state index contributed by atoms with van der Waals surface area (Å²) in [5, 5.41) is 4.21. The Morgan fingerprint density at radius 1 is 1.46 bits per heavy atom. The molecule has 3 heteroatoms. The highest BCUT2D eigenvalue weighted by atomic mass is 35.5.